The third kappa shape index (κ3) is 7.49. The maximum Gasteiger partial charge on any atom is 0.410 e. The Morgan fingerprint density at radius 3 is 2.62 bits per heavy atom. The van der Waals surface area contributed by atoms with Gasteiger partial charge in [-0.05, 0) is 39.3 Å². The molecule has 2 heterocycles. The summed E-state index contributed by atoms with van der Waals surface area (Å²) in [6.07, 6.45) is -0.153. The second-order valence-corrected chi connectivity index (χ2v) is 9.90. The molecule has 1 unspecified atom stereocenters. The summed E-state index contributed by atoms with van der Waals surface area (Å²) in [6.45, 7) is 6.72. The first kappa shape index (κ1) is 28.1. The van der Waals surface area contributed by atoms with Crippen LogP contribution in [0.2, 0.25) is 0 Å². The van der Waals surface area contributed by atoms with Gasteiger partial charge in [-0.2, -0.15) is 0 Å². The Kier molecular flexibility index (Phi) is 9.22. The van der Waals surface area contributed by atoms with Gasteiger partial charge in [0.05, 0.1) is 13.2 Å². The highest BCUT2D eigenvalue weighted by molar-refractivity contribution is 6.06. The molecule has 1 aromatic rings. The average Bonchev–Trinajstić information content (AvgIpc) is 3.14. The minimum absolute atomic E-state index is 0.00932. The summed E-state index contributed by atoms with van der Waals surface area (Å²) in [5, 5.41) is 5.10. The first-order chi connectivity index (χ1) is 17.5. The van der Waals surface area contributed by atoms with Crippen LogP contribution in [-0.4, -0.2) is 84.0 Å². The first-order valence-corrected chi connectivity index (χ1v) is 12.3. The summed E-state index contributed by atoms with van der Waals surface area (Å²) < 4.78 is 10.8. The topological polar surface area (TPSA) is 160 Å². The summed E-state index contributed by atoms with van der Waals surface area (Å²) in [7, 11) is 0. The number of rotatable bonds is 10. The van der Waals surface area contributed by atoms with Gasteiger partial charge in [0.15, 0.2) is 0 Å². The van der Waals surface area contributed by atoms with Crippen molar-refractivity contribution in [3.63, 3.8) is 0 Å². The summed E-state index contributed by atoms with van der Waals surface area (Å²) in [5.74, 6) is -1.53. The number of piperidine rings is 1. The highest BCUT2D eigenvalue weighted by Crippen LogP contribution is 2.32. The van der Waals surface area contributed by atoms with Crippen molar-refractivity contribution in [1.29, 1.82) is 0 Å². The van der Waals surface area contributed by atoms with Gasteiger partial charge in [0.1, 0.15) is 11.6 Å². The zero-order valence-corrected chi connectivity index (χ0v) is 21.5. The standard InChI is InChI=1S/C25H35N5O7/c1-25(2,3)37-24(35)29(12-14-36-13-10-26)11-9-21(32)27-18-6-4-5-16-17(18)15-30(23(16)34)19-7-8-20(31)28-22(19)33/h4-6,19H,7-15,26H2,1-3H3,(H,27,32)(H,28,31,33). The maximum atomic E-state index is 13.0. The fourth-order valence-corrected chi connectivity index (χ4v) is 4.13. The molecule has 37 heavy (non-hydrogen) atoms. The van der Waals surface area contributed by atoms with Crippen LogP contribution in [-0.2, 0) is 30.4 Å². The minimum atomic E-state index is -0.745. The number of nitrogens with one attached hydrogen (secondary N) is 2. The zero-order valence-electron chi connectivity index (χ0n) is 21.5. The number of nitrogens with two attached hydrogens (primary N) is 1. The van der Waals surface area contributed by atoms with Crippen molar-refractivity contribution in [1.82, 2.24) is 15.1 Å². The Hall–Kier alpha value is -3.51. The van der Waals surface area contributed by atoms with Crippen LogP contribution >= 0.6 is 0 Å². The molecule has 0 aromatic heterocycles. The maximum absolute atomic E-state index is 13.0. The van der Waals surface area contributed by atoms with Crippen molar-refractivity contribution in [2.75, 3.05) is 38.2 Å². The van der Waals surface area contributed by atoms with E-state index < -0.39 is 23.6 Å². The Labute approximate surface area is 215 Å². The summed E-state index contributed by atoms with van der Waals surface area (Å²) in [4.78, 5) is 65.0. The van der Waals surface area contributed by atoms with E-state index in [9.17, 15) is 24.0 Å². The van der Waals surface area contributed by atoms with Gasteiger partial charge in [0.2, 0.25) is 17.7 Å². The van der Waals surface area contributed by atoms with Crippen LogP contribution in [0.15, 0.2) is 18.2 Å². The molecule has 1 fully saturated rings. The van der Waals surface area contributed by atoms with Gasteiger partial charge in [-0.3, -0.25) is 24.5 Å². The van der Waals surface area contributed by atoms with Gasteiger partial charge < -0.3 is 30.3 Å². The van der Waals surface area contributed by atoms with E-state index in [1.165, 1.54) is 9.80 Å². The lowest BCUT2D eigenvalue weighted by molar-refractivity contribution is -0.137. The van der Waals surface area contributed by atoms with E-state index in [4.69, 9.17) is 15.2 Å². The van der Waals surface area contributed by atoms with Crippen molar-refractivity contribution in [2.24, 2.45) is 5.73 Å². The van der Waals surface area contributed by atoms with Crippen LogP contribution in [0.3, 0.4) is 0 Å². The van der Waals surface area contributed by atoms with Crippen molar-refractivity contribution < 1.29 is 33.4 Å². The van der Waals surface area contributed by atoms with Gasteiger partial charge in [-0.25, -0.2) is 4.79 Å². The van der Waals surface area contributed by atoms with Crippen LogP contribution in [0.25, 0.3) is 0 Å². The minimum Gasteiger partial charge on any atom is -0.444 e. The molecule has 2 aliphatic rings. The van der Waals surface area contributed by atoms with Crippen LogP contribution in [0.4, 0.5) is 10.5 Å². The van der Waals surface area contributed by atoms with Crippen LogP contribution in [0.1, 0.15) is 56.0 Å². The van der Waals surface area contributed by atoms with E-state index >= 15 is 0 Å². The molecule has 0 radical (unpaired) electrons. The van der Waals surface area contributed by atoms with Crippen molar-refractivity contribution in [3.05, 3.63) is 29.3 Å². The molecule has 1 saturated heterocycles. The molecule has 0 aliphatic carbocycles. The quantitative estimate of drug-likeness (QED) is 0.306. The largest absolute Gasteiger partial charge is 0.444 e. The third-order valence-corrected chi connectivity index (χ3v) is 5.88. The molecule has 12 heteroatoms. The lowest BCUT2D eigenvalue weighted by atomic mass is 10.0. The number of ether oxygens (including phenoxy) is 2. The Morgan fingerprint density at radius 1 is 1.19 bits per heavy atom. The van der Waals surface area contributed by atoms with Crippen molar-refractivity contribution >= 4 is 35.4 Å². The highest BCUT2D eigenvalue weighted by Gasteiger charge is 2.40. The van der Waals surface area contributed by atoms with Crippen molar-refractivity contribution in [2.45, 2.75) is 58.2 Å². The highest BCUT2D eigenvalue weighted by atomic mass is 16.6. The number of anilines is 1. The summed E-state index contributed by atoms with van der Waals surface area (Å²) >= 11 is 0. The number of fused-ring (bicyclic) bond motifs is 1. The number of benzene rings is 1. The molecule has 12 nitrogen and oxygen atoms in total. The molecule has 5 amide bonds. The number of hydrogen-bond acceptors (Lipinski definition) is 8. The molecule has 202 valence electrons. The molecule has 0 saturated carbocycles. The number of amides is 5. The molecule has 1 atom stereocenters. The molecule has 2 aliphatic heterocycles. The summed E-state index contributed by atoms with van der Waals surface area (Å²) in [6, 6.07) is 4.24. The molecule has 0 bridgehead atoms. The fourth-order valence-electron chi connectivity index (χ4n) is 4.13. The molecule has 1 aromatic carbocycles. The fraction of sp³-hybridized carbons (Fsp3) is 0.560. The predicted octanol–water partition coefficient (Wildman–Crippen LogP) is 0.989. The van der Waals surface area contributed by atoms with Gasteiger partial charge >= 0.3 is 6.09 Å². The molecule has 4 N–H and O–H groups in total. The van der Waals surface area contributed by atoms with E-state index in [2.05, 4.69) is 10.6 Å². The van der Waals surface area contributed by atoms with Crippen LogP contribution in [0, 0.1) is 0 Å². The normalized spacial score (nSPS) is 17.4. The Bertz CT molecular complexity index is 1050. The van der Waals surface area contributed by atoms with Crippen LogP contribution in [0.5, 0.6) is 0 Å². The van der Waals surface area contributed by atoms with E-state index in [0.717, 1.165) is 0 Å². The van der Waals surface area contributed by atoms with Crippen molar-refractivity contribution in [3.8, 4) is 0 Å². The number of imide groups is 1. The molecule has 0 spiro atoms. The zero-order chi connectivity index (χ0) is 27.2. The Balaban J connectivity index is 1.63. The average molecular weight is 518 g/mol. The van der Waals surface area contributed by atoms with E-state index in [0.29, 0.717) is 30.0 Å². The number of carbonyl (C=O) groups is 5. The van der Waals surface area contributed by atoms with Gasteiger partial charge in [-0.15, -0.1) is 0 Å². The second-order valence-electron chi connectivity index (χ2n) is 9.90. The first-order valence-electron chi connectivity index (χ1n) is 12.3. The Morgan fingerprint density at radius 2 is 1.95 bits per heavy atom. The third-order valence-electron chi connectivity index (χ3n) is 5.88. The van der Waals surface area contributed by atoms with Gasteiger partial charge in [0, 0.05) is 55.8 Å². The predicted molar refractivity (Wildman–Crippen MR) is 133 cm³/mol. The number of nitrogens with zero attached hydrogens (tertiary/aromatic N) is 2. The number of carbonyl (C=O) groups excluding carboxylic acids is 5. The van der Waals surface area contributed by atoms with E-state index in [1.54, 1.807) is 39.0 Å². The lowest BCUT2D eigenvalue weighted by Gasteiger charge is -2.29. The van der Waals surface area contributed by atoms with Gasteiger partial charge in [-0.1, -0.05) is 6.07 Å². The monoisotopic (exact) mass is 517 g/mol. The summed E-state index contributed by atoms with van der Waals surface area (Å²) in [5.41, 5.74) is 6.20. The van der Waals surface area contributed by atoms with Gasteiger partial charge in [0.25, 0.3) is 5.91 Å². The van der Waals surface area contributed by atoms with Crippen LogP contribution < -0.4 is 16.4 Å². The smallest absolute Gasteiger partial charge is 0.410 e. The molecule has 3 rings (SSSR count). The van der Waals surface area contributed by atoms with E-state index in [1.807, 2.05) is 0 Å². The second kappa shape index (κ2) is 12.2. The number of hydrogen-bond donors (Lipinski definition) is 3. The molecular weight excluding hydrogens is 482 g/mol. The lowest BCUT2D eigenvalue weighted by Crippen LogP contribution is -2.52. The van der Waals surface area contributed by atoms with E-state index in [-0.39, 0.29) is 63.2 Å². The molecular formula is C25H35N5O7. The SMILES string of the molecule is CC(C)(C)OC(=O)N(CCOCCN)CCC(=O)Nc1cccc2c1CN(C1CCC(=O)NC1=O)C2=O.